The molecule has 2 aromatic carbocycles. The molecule has 0 atom stereocenters. The number of ether oxygens (including phenoxy) is 1. The van der Waals surface area contributed by atoms with Crippen LogP contribution in [-0.2, 0) is 4.79 Å². The number of methoxy groups -OCH3 is 1. The first kappa shape index (κ1) is 19.1. The van der Waals surface area contributed by atoms with Crippen LogP contribution in [0.25, 0.3) is 0 Å². The number of rotatable bonds is 3. The van der Waals surface area contributed by atoms with E-state index in [2.05, 4.69) is 12.6 Å². The van der Waals surface area contributed by atoms with Crippen molar-refractivity contribution in [2.75, 3.05) is 16.9 Å². The van der Waals surface area contributed by atoms with Crippen LogP contribution in [0.5, 0.6) is 5.75 Å². The fourth-order valence-electron chi connectivity index (χ4n) is 3.05. The lowest BCUT2D eigenvalue weighted by Gasteiger charge is -2.29. The van der Waals surface area contributed by atoms with Crippen molar-refractivity contribution < 1.29 is 13.9 Å². The molecule has 0 N–H and O–H groups in total. The van der Waals surface area contributed by atoms with Crippen molar-refractivity contribution in [3.63, 3.8) is 0 Å². The quantitative estimate of drug-likeness (QED) is 0.624. The van der Waals surface area contributed by atoms with E-state index >= 15 is 0 Å². The van der Waals surface area contributed by atoms with Crippen molar-refractivity contribution in [2.24, 2.45) is 0 Å². The summed E-state index contributed by atoms with van der Waals surface area (Å²) in [6, 6.07) is 11.8. The molecular formula is C19H16FN3O2S2. The molecular weight excluding hydrogens is 385 g/mol. The van der Waals surface area contributed by atoms with E-state index in [0.717, 1.165) is 9.80 Å². The van der Waals surface area contributed by atoms with E-state index in [1.807, 2.05) is 6.07 Å². The molecule has 0 saturated carbocycles. The first-order chi connectivity index (χ1) is 12.7. The van der Waals surface area contributed by atoms with Crippen molar-refractivity contribution in [3.8, 4) is 11.8 Å². The van der Waals surface area contributed by atoms with Crippen LogP contribution in [0.1, 0.15) is 19.4 Å². The van der Waals surface area contributed by atoms with Crippen LogP contribution in [0, 0.1) is 17.1 Å². The molecule has 1 heterocycles. The molecule has 5 nitrogen and oxygen atoms in total. The molecule has 0 bridgehead atoms. The van der Waals surface area contributed by atoms with Gasteiger partial charge in [-0.15, -0.1) is 12.6 Å². The Kier molecular flexibility index (Phi) is 4.84. The number of amides is 1. The Balaban J connectivity index is 2.13. The SMILES string of the molecule is COc1c(C#N)ccc(N2C(=O)C(C)(C)N(c3ccc(S)cc3)C2=S)c1F. The zero-order valence-corrected chi connectivity index (χ0v) is 16.6. The monoisotopic (exact) mass is 401 g/mol. The third kappa shape index (κ3) is 2.93. The standard InChI is InChI=1S/C19H16FN3O2S2/c1-19(2)17(24)22(14-9-4-11(10-21)16(25-3)15(14)20)18(27)23(19)12-5-7-13(26)8-6-12/h4-9,26H,1-3H3. The number of benzene rings is 2. The summed E-state index contributed by atoms with van der Waals surface area (Å²) < 4.78 is 20.0. The van der Waals surface area contributed by atoms with Crippen molar-refractivity contribution in [3.05, 3.63) is 47.8 Å². The molecule has 1 aliphatic rings. The Morgan fingerprint density at radius 2 is 1.85 bits per heavy atom. The van der Waals surface area contributed by atoms with E-state index in [0.29, 0.717) is 5.69 Å². The van der Waals surface area contributed by atoms with Crippen LogP contribution in [0.3, 0.4) is 0 Å². The number of thiocarbonyl (C=S) groups is 1. The predicted molar refractivity (Wildman–Crippen MR) is 108 cm³/mol. The number of carbonyl (C=O) groups is 1. The van der Waals surface area contributed by atoms with Gasteiger partial charge in [0, 0.05) is 10.6 Å². The average Bonchev–Trinajstić information content (AvgIpc) is 2.81. The Labute approximate surface area is 167 Å². The molecule has 0 aromatic heterocycles. The summed E-state index contributed by atoms with van der Waals surface area (Å²) in [5.74, 6) is -1.41. The largest absolute Gasteiger partial charge is 0.492 e. The van der Waals surface area contributed by atoms with Crippen molar-refractivity contribution in [1.29, 1.82) is 5.26 Å². The van der Waals surface area contributed by atoms with Crippen LogP contribution in [0.2, 0.25) is 0 Å². The number of halogens is 1. The third-order valence-electron chi connectivity index (χ3n) is 4.42. The zero-order valence-electron chi connectivity index (χ0n) is 14.9. The average molecular weight is 401 g/mol. The first-order valence-corrected chi connectivity index (χ1v) is 8.84. The number of hydrogen-bond donors (Lipinski definition) is 1. The zero-order chi connectivity index (χ0) is 19.9. The number of nitriles is 1. The number of carbonyl (C=O) groups excluding carboxylic acids is 1. The maximum atomic E-state index is 15.0. The lowest BCUT2D eigenvalue weighted by atomic mass is 10.0. The maximum absolute atomic E-state index is 15.0. The minimum absolute atomic E-state index is 0.0387. The second-order valence-electron chi connectivity index (χ2n) is 6.43. The first-order valence-electron chi connectivity index (χ1n) is 7.98. The van der Waals surface area contributed by atoms with Gasteiger partial charge in [0.1, 0.15) is 11.6 Å². The van der Waals surface area contributed by atoms with Crippen LogP contribution in [0.4, 0.5) is 15.8 Å². The smallest absolute Gasteiger partial charge is 0.259 e. The number of hydrogen-bond acceptors (Lipinski definition) is 5. The van der Waals surface area contributed by atoms with Crippen molar-refractivity contribution in [1.82, 2.24) is 0 Å². The molecule has 3 rings (SSSR count). The second-order valence-corrected chi connectivity index (χ2v) is 7.31. The summed E-state index contributed by atoms with van der Waals surface area (Å²) in [5.41, 5.74) is -0.346. The van der Waals surface area contributed by atoms with Crippen LogP contribution in [0.15, 0.2) is 41.3 Å². The summed E-state index contributed by atoms with van der Waals surface area (Å²) in [6.07, 6.45) is 0. The number of thiol groups is 1. The Hall–Kier alpha value is -2.63. The molecule has 0 radical (unpaired) electrons. The molecule has 1 aliphatic heterocycles. The van der Waals surface area contributed by atoms with Crippen molar-refractivity contribution >= 4 is 47.2 Å². The van der Waals surface area contributed by atoms with Gasteiger partial charge in [0.05, 0.1) is 18.4 Å². The topological polar surface area (TPSA) is 56.6 Å². The minimum Gasteiger partial charge on any atom is -0.492 e. The van der Waals surface area contributed by atoms with Gasteiger partial charge in [-0.2, -0.15) is 5.26 Å². The lowest BCUT2D eigenvalue weighted by molar-refractivity contribution is -0.120. The van der Waals surface area contributed by atoms with Crippen LogP contribution < -0.4 is 14.5 Å². The van der Waals surface area contributed by atoms with Gasteiger partial charge in [-0.05, 0) is 62.5 Å². The summed E-state index contributed by atoms with van der Waals surface area (Å²) in [4.78, 5) is 16.7. The minimum atomic E-state index is -1.03. The van der Waals surface area contributed by atoms with Gasteiger partial charge in [0.25, 0.3) is 5.91 Å². The normalized spacial score (nSPS) is 15.9. The molecule has 0 aliphatic carbocycles. The highest BCUT2D eigenvalue weighted by molar-refractivity contribution is 7.81. The highest BCUT2D eigenvalue weighted by Gasteiger charge is 2.51. The van der Waals surface area contributed by atoms with E-state index in [-0.39, 0.29) is 28.0 Å². The van der Waals surface area contributed by atoms with E-state index in [1.54, 1.807) is 43.0 Å². The summed E-state index contributed by atoms with van der Waals surface area (Å²) in [5, 5.41) is 9.25. The highest BCUT2D eigenvalue weighted by Crippen LogP contribution is 2.39. The fraction of sp³-hybridized carbons (Fsp3) is 0.211. The van der Waals surface area contributed by atoms with Gasteiger partial charge in [0.15, 0.2) is 16.7 Å². The predicted octanol–water partition coefficient (Wildman–Crippen LogP) is 3.91. The van der Waals surface area contributed by atoms with Gasteiger partial charge in [-0.1, -0.05) is 0 Å². The molecule has 2 aromatic rings. The Morgan fingerprint density at radius 1 is 1.22 bits per heavy atom. The molecule has 1 fully saturated rings. The second kappa shape index (κ2) is 6.83. The maximum Gasteiger partial charge on any atom is 0.259 e. The molecule has 27 heavy (non-hydrogen) atoms. The van der Waals surface area contributed by atoms with Gasteiger partial charge in [-0.3, -0.25) is 9.69 Å². The van der Waals surface area contributed by atoms with Gasteiger partial charge in [0.2, 0.25) is 0 Å². The summed E-state index contributed by atoms with van der Waals surface area (Å²) >= 11 is 9.79. The van der Waals surface area contributed by atoms with Gasteiger partial charge in [-0.25, -0.2) is 4.39 Å². The molecule has 1 amide bonds. The van der Waals surface area contributed by atoms with E-state index in [1.165, 1.54) is 19.2 Å². The van der Waals surface area contributed by atoms with Crippen molar-refractivity contribution in [2.45, 2.75) is 24.3 Å². The summed E-state index contributed by atoms with van der Waals surface area (Å²) in [7, 11) is 1.27. The number of nitrogens with zero attached hydrogens (tertiary/aromatic N) is 3. The molecule has 0 unspecified atom stereocenters. The third-order valence-corrected chi connectivity index (χ3v) is 5.08. The van der Waals surface area contributed by atoms with Crippen LogP contribution in [-0.4, -0.2) is 23.7 Å². The fourth-order valence-corrected chi connectivity index (χ4v) is 3.71. The number of anilines is 2. The molecule has 1 saturated heterocycles. The van der Waals surface area contributed by atoms with Crippen LogP contribution >= 0.6 is 24.8 Å². The van der Waals surface area contributed by atoms with E-state index < -0.39 is 11.4 Å². The van der Waals surface area contributed by atoms with Gasteiger partial charge < -0.3 is 9.64 Å². The summed E-state index contributed by atoms with van der Waals surface area (Å²) in [6.45, 7) is 3.43. The lowest BCUT2D eigenvalue weighted by Crippen LogP contribution is -2.44. The highest BCUT2D eigenvalue weighted by atomic mass is 32.1. The molecule has 8 heteroatoms. The van der Waals surface area contributed by atoms with E-state index in [9.17, 15) is 9.18 Å². The molecule has 138 valence electrons. The Bertz CT molecular complexity index is 984. The Morgan fingerprint density at radius 3 is 2.41 bits per heavy atom. The van der Waals surface area contributed by atoms with E-state index in [4.69, 9.17) is 22.2 Å². The van der Waals surface area contributed by atoms with Gasteiger partial charge >= 0.3 is 0 Å². The molecule has 0 spiro atoms.